The molecule has 1 fully saturated rings. The van der Waals surface area contributed by atoms with E-state index in [1.807, 2.05) is 11.6 Å². The van der Waals surface area contributed by atoms with Crippen LogP contribution in [0.4, 0.5) is 10.6 Å². The molecule has 140 valence electrons. The van der Waals surface area contributed by atoms with Crippen molar-refractivity contribution >= 4 is 17.8 Å². The number of anilines is 1. The van der Waals surface area contributed by atoms with Crippen molar-refractivity contribution in [2.75, 3.05) is 31.6 Å². The second-order valence-corrected chi connectivity index (χ2v) is 6.38. The van der Waals surface area contributed by atoms with Crippen molar-refractivity contribution in [3.8, 4) is 0 Å². The molecule has 0 aliphatic carbocycles. The maximum atomic E-state index is 12.3. The zero-order valence-corrected chi connectivity index (χ0v) is 15.5. The summed E-state index contributed by atoms with van der Waals surface area (Å²) in [6.45, 7) is 9.64. The van der Waals surface area contributed by atoms with Gasteiger partial charge in [-0.15, -0.1) is 0 Å². The van der Waals surface area contributed by atoms with Crippen molar-refractivity contribution < 1.29 is 14.3 Å². The number of urea groups is 1. The van der Waals surface area contributed by atoms with E-state index in [-0.39, 0.29) is 24.1 Å². The van der Waals surface area contributed by atoms with Crippen molar-refractivity contribution in [1.82, 2.24) is 20.0 Å². The second-order valence-electron chi connectivity index (χ2n) is 6.38. The summed E-state index contributed by atoms with van der Waals surface area (Å²) < 4.78 is 7.49. The molecule has 1 atom stereocenters. The summed E-state index contributed by atoms with van der Waals surface area (Å²) in [7, 11) is 0. The Morgan fingerprint density at radius 1 is 1.40 bits per heavy atom. The molecule has 1 aromatic heterocycles. The molecule has 2 N–H and O–H groups in total. The van der Waals surface area contributed by atoms with Crippen LogP contribution in [0.2, 0.25) is 0 Å². The third kappa shape index (κ3) is 4.94. The van der Waals surface area contributed by atoms with E-state index < -0.39 is 0 Å². The van der Waals surface area contributed by atoms with Crippen LogP contribution in [0.25, 0.3) is 0 Å². The summed E-state index contributed by atoms with van der Waals surface area (Å²) in [5.74, 6) is 0.753. The van der Waals surface area contributed by atoms with E-state index in [9.17, 15) is 9.59 Å². The number of amides is 3. The van der Waals surface area contributed by atoms with Gasteiger partial charge in [0.1, 0.15) is 5.82 Å². The highest BCUT2D eigenvalue weighted by atomic mass is 16.5. The van der Waals surface area contributed by atoms with Gasteiger partial charge in [-0.05, 0) is 19.8 Å². The first-order valence-corrected chi connectivity index (χ1v) is 8.92. The Labute approximate surface area is 148 Å². The van der Waals surface area contributed by atoms with Gasteiger partial charge in [0.2, 0.25) is 5.91 Å². The van der Waals surface area contributed by atoms with Crippen molar-refractivity contribution in [1.29, 1.82) is 0 Å². The molecule has 0 bridgehead atoms. The van der Waals surface area contributed by atoms with Crippen LogP contribution in [0.15, 0.2) is 6.20 Å². The van der Waals surface area contributed by atoms with Crippen molar-refractivity contribution in [2.24, 2.45) is 0 Å². The Kier molecular flexibility index (Phi) is 6.81. The monoisotopic (exact) mass is 351 g/mol. The number of aromatic nitrogens is 2. The molecule has 0 aromatic carbocycles. The van der Waals surface area contributed by atoms with Gasteiger partial charge in [-0.3, -0.25) is 10.1 Å². The van der Waals surface area contributed by atoms with Crippen LogP contribution < -0.4 is 10.6 Å². The number of carbonyl (C=O) groups is 2. The first-order chi connectivity index (χ1) is 12.0. The number of nitrogens with zero attached hydrogens (tertiary/aromatic N) is 3. The summed E-state index contributed by atoms with van der Waals surface area (Å²) >= 11 is 0. The second kappa shape index (κ2) is 8.84. The highest BCUT2D eigenvalue weighted by Crippen LogP contribution is 2.23. The predicted molar refractivity (Wildman–Crippen MR) is 95.6 cm³/mol. The zero-order valence-electron chi connectivity index (χ0n) is 15.5. The molecule has 0 radical (unpaired) electrons. The van der Waals surface area contributed by atoms with Gasteiger partial charge in [0.25, 0.3) is 0 Å². The lowest BCUT2D eigenvalue weighted by molar-refractivity contribution is -0.136. The van der Waals surface area contributed by atoms with Crippen molar-refractivity contribution in [2.45, 2.75) is 52.7 Å². The highest BCUT2D eigenvalue weighted by Gasteiger charge is 2.23. The SMILES string of the molecule is CCC(CC)n1ncc(C)c1NC(=O)NC[C@@H]1CN(C(C)=O)CCO1. The third-order valence-electron chi connectivity index (χ3n) is 4.57. The number of rotatable bonds is 6. The Morgan fingerprint density at radius 3 is 2.76 bits per heavy atom. The molecule has 8 heteroatoms. The van der Waals surface area contributed by atoms with E-state index in [1.54, 1.807) is 18.0 Å². The normalized spacial score (nSPS) is 17.6. The number of ether oxygens (including phenoxy) is 1. The van der Waals surface area contributed by atoms with Gasteiger partial charge in [0, 0.05) is 32.1 Å². The van der Waals surface area contributed by atoms with E-state index in [0.29, 0.717) is 26.2 Å². The summed E-state index contributed by atoms with van der Waals surface area (Å²) in [5.41, 5.74) is 0.929. The topological polar surface area (TPSA) is 88.5 Å². The van der Waals surface area contributed by atoms with Crippen LogP contribution in [0.3, 0.4) is 0 Å². The fraction of sp³-hybridized carbons (Fsp3) is 0.706. The highest BCUT2D eigenvalue weighted by molar-refractivity contribution is 5.89. The molecular formula is C17H29N5O3. The molecule has 0 unspecified atom stereocenters. The molecule has 1 aliphatic heterocycles. The molecule has 1 saturated heterocycles. The Bertz CT molecular complexity index is 597. The molecule has 0 saturated carbocycles. The largest absolute Gasteiger partial charge is 0.373 e. The van der Waals surface area contributed by atoms with Crippen molar-refractivity contribution in [3.63, 3.8) is 0 Å². The Morgan fingerprint density at radius 2 is 2.12 bits per heavy atom. The summed E-state index contributed by atoms with van der Waals surface area (Å²) in [5, 5.41) is 10.1. The zero-order chi connectivity index (χ0) is 18.4. The number of aryl methyl sites for hydroxylation is 1. The van der Waals surface area contributed by atoms with Crippen LogP contribution in [0.1, 0.15) is 45.2 Å². The van der Waals surface area contributed by atoms with Crippen LogP contribution >= 0.6 is 0 Å². The van der Waals surface area contributed by atoms with Gasteiger partial charge < -0.3 is 15.0 Å². The first-order valence-electron chi connectivity index (χ1n) is 8.92. The van der Waals surface area contributed by atoms with Crippen LogP contribution in [-0.2, 0) is 9.53 Å². The van der Waals surface area contributed by atoms with Crippen LogP contribution in [-0.4, -0.2) is 59.0 Å². The maximum Gasteiger partial charge on any atom is 0.320 e. The third-order valence-corrected chi connectivity index (χ3v) is 4.57. The first kappa shape index (κ1) is 19.2. The number of hydrogen-bond donors (Lipinski definition) is 2. The van der Waals surface area contributed by atoms with Gasteiger partial charge in [-0.1, -0.05) is 13.8 Å². The van der Waals surface area contributed by atoms with Gasteiger partial charge in [0.05, 0.1) is 24.9 Å². The van der Waals surface area contributed by atoms with Gasteiger partial charge in [-0.25, -0.2) is 9.48 Å². The lowest BCUT2D eigenvalue weighted by Crippen LogP contribution is -2.49. The van der Waals surface area contributed by atoms with E-state index in [2.05, 4.69) is 29.6 Å². The smallest absolute Gasteiger partial charge is 0.320 e. The fourth-order valence-corrected chi connectivity index (χ4v) is 3.00. The summed E-state index contributed by atoms with van der Waals surface area (Å²) in [4.78, 5) is 25.5. The standard InChI is InChI=1S/C17H29N5O3/c1-5-14(6-2)22-16(12(3)9-19-22)20-17(24)18-10-15-11-21(13(4)23)7-8-25-15/h9,14-15H,5-8,10-11H2,1-4H3,(H2,18,20,24)/t15-/m1/s1. The molecule has 8 nitrogen and oxygen atoms in total. The van der Waals surface area contributed by atoms with Crippen molar-refractivity contribution in [3.05, 3.63) is 11.8 Å². The van der Waals surface area contributed by atoms with E-state index in [0.717, 1.165) is 24.2 Å². The molecule has 1 aliphatic rings. The average Bonchev–Trinajstić information content (AvgIpc) is 2.95. The minimum atomic E-state index is -0.292. The molecule has 2 rings (SSSR count). The van der Waals surface area contributed by atoms with E-state index in [1.165, 1.54) is 0 Å². The predicted octanol–water partition coefficient (Wildman–Crippen LogP) is 1.92. The number of morpholine rings is 1. The average molecular weight is 351 g/mol. The molecule has 25 heavy (non-hydrogen) atoms. The molecule has 2 heterocycles. The number of carbonyl (C=O) groups excluding carboxylic acids is 2. The van der Waals surface area contributed by atoms with Crippen LogP contribution in [0, 0.1) is 6.92 Å². The summed E-state index contributed by atoms with van der Waals surface area (Å²) in [6.07, 6.45) is 3.48. The fourth-order valence-electron chi connectivity index (χ4n) is 3.00. The number of hydrogen-bond acceptors (Lipinski definition) is 4. The van der Waals surface area contributed by atoms with Gasteiger partial charge in [0.15, 0.2) is 0 Å². The Balaban J connectivity index is 1.90. The molecular weight excluding hydrogens is 322 g/mol. The molecule has 1 aromatic rings. The molecule has 0 spiro atoms. The quantitative estimate of drug-likeness (QED) is 0.819. The number of nitrogens with one attached hydrogen (secondary N) is 2. The Hall–Kier alpha value is -2.09. The van der Waals surface area contributed by atoms with E-state index >= 15 is 0 Å². The van der Waals surface area contributed by atoms with Crippen LogP contribution in [0.5, 0.6) is 0 Å². The minimum Gasteiger partial charge on any atom is -0.373 e. The minimum absolute atomic E-state index is 0.0300. The maximum absolute atomic E-state index is 12.3. The lowest BCUT2D eigenvalue weighted by Gasteiger charge is -2.32. The van der Waals surface area contributed by atoms with Gasteiger partial charge in [-0.2, -0.15) is 5.10 Å². The lowest BCUT2D eigenvalue weighted by atomic mass is 10.2. The van der Waals surface area contributed by atoms with Gasteiger partial charge >= 0.3 is 6.03 Å². The van der Waals surface area contributed by atoms with E-state index in [4.69, 9.17) is 4.74 Å². The molecule has 3 amide bonds. The summed E-state index contributed by atoms with van der Waals surface area (Å²) in [6, 6.07) is -0.0332.